The van der Waals surface area contributed by atoms with E-state index in [4.69, 9.17) is 4.74 Å². The highest BCUT2D eigenvalue weighted by molar-refractivity contribution is 7.99. The number of rotatable bonds is 7. The average Bonchev–Trinajstić information content (AvgIpc) is 3.39. The quantitative estimate of drug-likeness (QED) is 0.530. The number of halogens is 2. The normalized spacial score (nSPS) is 14.0. The van der Waals surface area contributed by atoms with Gasteiger partial charge in [-0.25, -0.2) is 8.78 Å². The minimum atomic E-state index is -0.820. The van der Waals surface area contributed by atoms with E-state index in [-0.39, 0.29) is 11.4 Å². The van der Waals surface area contributed by atoms with Crippen molar-refractivity contribution in [1.29, 1.82) is 0 Å². The van der Waals surface area contributed by atoms with Crippen LogP contribution in [0.2, 0.25) is 0 Å². The Balaban J connectivity index is 1.36. The molecule has 6 nitrogen and oxygen atoms in total. The molecular weight excluding hydrogens is 422 g/mol. The second kappa shape index (κ2) is 9.47. The fourth-order valence-electron chi connectivity index (χ4n) is 3.48. The number of hydrogen-bond acceptors (Lipinski definition) is 5. The van der Waals surface area contributed by atoms with Gasteiger partial charge in [-0.3, -0.25) is 4.79 Å². The largest absolute Gasteiger partial charge is 0.490 e. The number of anilines is 1. The molecule has 1 aromatic heterocycles. The Morgan fingerprint density at radius 1 is 1.16 bits per heavy atom. The van der Waals surface area contributed by atoms with E-state index < -0.39 is 17.5 Å². The number of ether oxygens (including phenoxy) is 1. The minimum absolute atomic E-state index is 0.0109. The Kier molecular flexibility index (Phi) is 6.50. The third-order valence-electron chi connectivity index (χ3n) is 5.09. The summed E-state index contributed by atoms with van der Waals surface area (Å²) in [6.45, 7) is 0. The first kappa shape index (κ1) is 21.3. The summed E-state index contributed by atoms with van der Waals surface area (Å²) in [6.07, 6.45) is 4.95. The van der Waals surface area contributed by atoms with Gasteiger partial charge < -0.3 is 14.6 Å². The van der Waals surface area contributed by atoms with Crippen molar-refractivity contribution in [2.45, 2.75) is 36.9 Å². The predicted molar refractivity (Wildman–Crippen MR) is 115 cm³/mol. The van der Waals surface area contributed by atoms with Crippen molar-refractivity contribution in [3.05, 3.63) is 54.1 Å². The van der Waals surface area contributed by atoms with Crippen molar-refractivity contribution in [1.82, 2.24) is 14.8 Å². The molecule has 1 N–H and O–H groups in total. The maximum atomic E-state index is 13.7. The molecule has 1 heterocycles. The lowest BCUT2D eigenvalue weighted by molar-refractivity contribution is -0.113. The van der Waals surface area contributed by atoms with Crippen LogP contribution in [0.5, 0.6) is 5.75 Å². The lowest BCUT2D eigenvalue weighted by atomic mass is 10.2. The fourth-order valence-corrected chi connectivity index (χ4v) is 4.19. The first-order chi connectivity index (χ1) is 15.0. The second-order valence-corrected chi connectivity index (χ2v) is 8.32. The van der Waals surface area contributed by atoms with Gasteiger partial charge in [0.05, 0.1) is 17.5 Å². The zero-order valence-corrected chi connectivity index (χ0v) is 17.8. The summed E-state index contributed by atoms with van der Waals surface area (Å²) >= 11 is 1.18. The third kappa shape index (κ3) is 5.22. The van der Waals surface area contributed by atoms with Crippen LogP contribution >= 0.6 is 11.8 Å². The summed E-state index contributed by atoms with van der Waals surface area (Å²) < 4.78 is 34.4. The molecular formula is C22H22F2N4O2S. The van der Waals surface area contributed by atoms with E-state index in [1.165, 1.54) is 30.7 Å². The Morgan fingerprint density at radius 2 is 1.90 bits per heavy atom. The summed E-state index contributed by atoms with van der Waals surface area (Å²) in [5.41, 5.74) is 0.823. The van der Waals surface area contributed by atoms with E-state index in [1.54, 1.807) is 4.57 Å². The maximum Gasteiger partial charge on any atom is 0.234 e. The zero-order chi connectivity index (χ0) is 21.8. The van der Waals surface area contributed by atoms with Crippen LogP contribution in [-0.2, 0) is 11.8 Å². The van der Waals surface area contributed by atoms with Gasteiger partial charge in [0.15, 0.2) is 11.0 Å². The first-order valence-electron chi connectivity index (χ1n) is 10.0. The van der Waals surface area contributed by atoms with Crippen LogP contribution in [0.15, 0.2) is 47.6 Å². The molecule has 3 aromatic rings. The summed E-state index contributed by atoms with van der Waals surface area (Å²) in [7, 11) is 1.82. The number of carbonyl (C=O) groups excluding carboxylic acids is 1. The molecule has 31 heavy (non-hydrogen) atoms. The highest BCUT2D eigenvalue weighted by Gasteiger charge is 2.17. The van der Waals surface area contributed by atoms with Crippen LogP contribution in [0.25, 0.3) is 11.4 Å². The van der Waals surface area contributed by atoms with Crippen molar-refractivity contribution < 1.29 is 18.3 Å². The number of benzene rings is 2. The highest BCUT2D eigenvalue weighted by atomic mass is 32.2. The molecule has 4 rings (SSSR count). The van der Waals surface area contributed by atoms with Crippen molar-refractivity contribution in [2.75, 3.05) is 11.1 Å². The summed E-state index contributed by atoms with van der Waals surface area (Å²) in [4.78, 5) is 12.1. The number of thioether (sulfide) groups is 1. The Morgan fingerprint density at radius 3 is 2.61 bits per heavy atom. The van der Waals surface area contributed by atoms with Crippen LogP contribution in [0, 0.1) is 11.6 Å². The Bertz CT molecular complexity index is 1070. The summed E-state index contributed by atoms with van der Waals surface area (Å²) in [6, 6.07) is 10.7. The van der Waals surface area contributed by atoms with Crippen LogP contribution in [0.4, 0.5) is 14.5 Å². The number of aromatic nitrogens is 3. The average molecular weight is 445 g/mol. The molecule has 0 bridgehead atoms. The van der Waals surface area contributed by atoms with Crippen LogP contribution < -0.4 is 10.1 Å². The smallest absolute Gasteiger partial charge is 0.234 e. The molecule has 9 heteroatoms. The van der Waals surface area contributed by atoms with E-state index in [2.05, 4.69) is 15.5 Å². The van der Waals surface area contributed by atoms with E-state index >= 15 is 0 Å². The predicted octanol–water partition coefficient (Wildman–Crippen LogP) is 4.81. The molecule has 0 aliphatic heterocycles. The molecule has 0 radical (unpaired) electrons. The van der Waals surface area contributed by atoms with Crippen molar-refractivity contribution in [2.24, 2.45) is 7.05 Å². The molecule has 0 saturated heterocycles. The van der Waals surface area contributed by atoms with Gasteiger partial charge in [0.1, 0.15) is 17.4 Å². The van der Waals surface area contributed by atoms with Gasteiger partial charge in [-0.2, -0.15) is 0 Å². The SMILES string of the molecule is Cn1c(SCC(=O)Nc2ccc(F)cc2F)nnc1-c1ccc(OC2CCCC2)cc1. The minimum Gasteiger partial charge on any atom is -0.490 e. The van der Waals surface area contributed by atoms with E-state index in [1.807, 2.05) is 31.3 Å². The van der Waals surface area contributed by atoms with Crippen molar-refractivity contribution >= 4 is 23.4 Å². The zero-order valence-electron chi connectivity index (χ0n) is 17.0. The molecule has 0 unspecified atom stereocenters. The van der Waals surface area contributed by atoms with E-state index in [0.717, 1.165) is 36.3 Å². The van der Waals surface area contributed by atoms with Gasteiger partial charge in [0.25, 0.3) is 0 Å². The maximum absolute atomic E-state index is 13.7. The number of nitrogens with one attached hydrogen (secondary N) is 1. The van der Waals surface area contributed by atoms with E-state index in [0.29, 0.717) is 17.1 Å². The topological polar surface area (TPSA) is 69.0 Å². The van der Waals surface area contributed by atoms with Crippen LogP contribution in [0.3, 0.4) is 0 Å². The third-order valence-corrected chi connectivity index (χ3v) is 6.11. The Labute approximate surface area is 183 Å². The van der Waals surface area contributed by atoms with Gasteiger partial charge in [0, 0.05) is 18.7 Å². The van der Waals surface area contributed by atoms with Crippen molar-refractivity contribution in [3.8, 4) is 17.1 Å². The van der Waals surface area contributed by atoms with Gasteiger partial charge in [-0.15, -0.1) is 10.2 Å². The summed E-state index contributed by atoms with van der Waals surface area (Å²) in [5, 5.41) is 11.3. The molecule has 0 spiro atoms. The Hall–Kier alpha value is -2.94. The molecule has 1 amide bonds. The van der Waals surface area contributed by atoms with Crippen LogP contribution in [0.1, 0.15) is 25.7 Å². The molecule has 1 aliphatic rings. The van der Waals surface area contributed by atoms with Crippen LogP contribution in [-0.4, -0.2) is 32.5 Å². The summed E-state index contributed by atoms with van der Waals surface area (Å²) in [5.74, 6) is -0.420. The van der Waals surface area contributed by atoms with E-state index in [9.17, 15) is 13.6 Å². The molecule has 1 aliphatic carbocycles. The number of carbonyl (C=O) groups is 1. The second-order valence-electron chi connectivity index (χ2n) is 7.37. The fraction of sp³-hybridized carbons (Fsp3) is 0.318. The molecule has 162 valence electrons. The number of nitrogens with zero attached hydrogens (tertiary/aromatic N) is 3. The molecule has 1 saturated carbocycles. The van der Waals surface area contributed by atoms with Crippen molar-refractivity contribution in [3.63, 3.8) is 0 Å². The first-order valence-corrected chi connectivity index (χ1v) is 11.0. The van der Waals surface area contributed by atoms with Gasteiger partial charge in [-0.1, -0.05) is 11.8 Å². The lowest BCUT2D eigenvalue weighted by Crippen LogP contribution is -2.15. The number of amides is 1. The standard InChI is InChI=1S/C22H22F2N4O2S/c1-28-21(14-6-9-17(10-7-14)30-16-4-2-3-5-16)26-27-22(28)31-13-20(29)25-19-11-8-15(23)12-18(19)24/h6-12,16H,2-5,13H2,1H3,(H,25,29). The van der Waals surface area contributed by atoms with Gasteiger partial charge >= 0.3 is 0 Å². The number of hydrogen-bond donors (Lipinski definition) is 1. The highest BCUT2D eigenvalue weighted by Crippen LogP contribution is 2.27. The monoisotopic (exact) mass is 444 g/mol. The lowest BCUT2D eigenvalue weighted by Gasteiger charge is -2.13. The molecule has 1 fully saturated rings. The molecule has 0 atom stereocenters. The van der Waals surface area contributed by atoms with Gasteiger partial charge in [0.2, 0.25) is 5.91 Å². The van der Waals surface area contributed by atoms with Gasteiger partial charge in [-0.05, 0) is 62.1 Å². The molecule has 2 aromatic carbocycles.